The second-order valence-corrected chi connectivity index (χ2v) is 6.76. The SMILES string of the molecule is CCCCNN(NCCCC)c1cc(C#N)cc(C(F)(F)F)c1Oc1ccccc1. The van der Waals surface area contributed by atoms with E-state index in [1.165, 1.54) is 11.2 Å². The van der Waals surface area contributed by atoms with Crippen LogP contribution in [0, 0.1) is 11.3 Å². The Morgan fingerprint density at radius 1 is 1.00 bits per heavy atom. The lowest BCUT2D eigenvalue weighted by Gasteiger charge is -2.29. The molecule has 0 heterocycles. The zero-order valence-electron chi connectivity index (χ0n) is 17.2. The van der Waals surface area contributed by atoms with Crippen LogP contribution >= 0.6 is 0 Å². The Morgan fingerprint density at radius 2 is 1.60 bits per heavy atom. The summed E-state index contributed by atoms with van der Waals surface area (Å²) in [7, 11) is 0. The lowest BCUT2D eigenvalue weighted by molar-refractivity contribution is -0.138. The quantitative estimate of drug-likeness (QED) is 0.356. The molecule has 0 spiro atoms. The summed E-state index contributed by atoms with van der Waals surface area (Å²) in [5.74, 6) is -0.0864. The Morgan fingerprint density at radius 3 is 2.10 bits per heavy atom. The summed E-state index contributed by atoms with van der Waals surface area (Å²) in [6.45, 7) is 5.16. The molecule has 0 atom stereocenters. The molecule has 5 nitrogen and oxygen atoms in total. The number of hydrogen-bond donors (Lipinski definition) is 2. The summed E-state index contributed by atoms with van der Waals surface area (Å²) in [6, 6.07) is 12.3. The van der Waals surface area contributed by atoms with Gasteiger partial charge in [-0.1, -0.05) is 44.9 Å². The zero-order valence-corrected chi connectivity index (χ0v) is 17.2. The minimum atomic E-state index is -4.69. The summed E-state index contributed by atoms with van der Waals surface area (Å²) >= 11 is 0. The van der Waals surface area contributed by atoms with E-state index >= 15 is 0 Å². The predicted molar refractivity (Wildman–Crippen MR) is 111 cm³/mol. The van der Waals surface area contributed by atoms with Crippen LogP contribution in [0.1, 0.15) is 50.7 Å². The molecule has 2 rings (SSSR count). The topological polar surface area (TPSA) is 60.3 Å². The van der Waals surface area contributed by atoms with E-state index in [0.717, 1.165) is 31.7 Å². The Balaban J connectivity index is 2.57. The molecule has 2 aromatic rings. The van der Waals surface area contributed by atoms with Crippen LogP contribution in [-0.2, 0) is 6.18 Å². The number of hydrazine groups is 2. The highest BCUT2D eigenvalue weighted by Gasteiger charge is 2.37. The maximum absolute atomic E-state index is 13.9. The molecule has 0 aliphatic heterocycles. The third-order valence-electron chi connectivity index (χ3n) is 4.31. The predicted octanol–water partition coefficient (Wildman–Crippen LogP) is 5.79. The Hall–Kier alpha value is -2.76. The van der Waals surface area contributed by atoms with Crippen molar-refractivity contribution >= 4 is 5.69 Å². The molecular formula is C22H27F3N4O. The minimum absolute atomic E-state index is 0.0997. The first-order chi connectivity index (χ1) is 14.4. The van der Waals surface area contributed by atoms with Gasteiger partial charge in [0.2, 0.25) is 0 Å². The van der Waals surface area contributed by atoms with E-state index in [2.05, 4.69) is 10.9 Å². The lowest BCUT2D eigenvalue weighted by Crippen LogP contribution is -2.49. The second-order valence-electron chi connectivity index (χ2n) is 6.76. The molecule has 0 bridgehead atoms. The number of hydrogen-bond acceptors (Lipinski definition) is 5. The summed E-state index contributed by atoms with van der Waals surface area (Å²) in [5.41, 5.74) is 5.24. The van der Waals surface area contributed by atoms with Crippen molar-refractivity contribution in [2.75, 3.05) is 18.2 Å². The van der Waals surface area contributed by atoms with Gasteiger partial charge in [-0.15, -0.1) is 0 Å². The van der Waals surface area contributed by atoms with E-state index in [1.807, 2.05) is 19.9 Å². The molecular weight excluding hydrogens is 393 g/mol. The van der Waals surface area contributed by atoms with Crippen LogP contribution in [0.2, 0.25) is 0 Å². The molecule has 0 fully saturated rings. The fraction of sp³-hybridized carbons (Fsp3) is 0.409. The summed E-state index contributed by atoms with van der Waals surface area (Å²) < 4.78 is 47.3. The minimum Gasteiger partial charge on any atom is -0.454 e. The summed E-state index contributed by atoms with van der Waals surface area (Å²) in [4.78, 5) is 0. The van der Waals surface area contributed by atoms with Crippen molar-refractivity contribution < 1.29 is 17.9 Å². The molecule has 0 saturated carbocycles. The van der Waals surface area contributed by atoms with Gasteiger partial charge in [0.05, 0.1) is 11.6 Å². The van der Waals surface area contributed by atoms with Gasteiger partial charge in [0.15, 0.2) is 5.75 Å². The average molecular weight is 420 g/mol. The number of anilines is 1. The first kappa shape index (κ1) is 23.5. The molecule has 0 aromatic heterocycles. The van der Waals surface area contributed by atoms with Crippen molar-refractivity contribution in [2.24, 2.45) is 0 Å². The highest BCUT2D eigenvalue weighted by atomic mass is 19.4. The van der Waals surface area contributed by atoms with E-state index in [9.17, 15) is 18.4 Å². The molecule has 162 valence electrons. The van der Waals surface area contributed by atoms with Crippen molar-refractivity contribution in [2.45, 2.75) is 45.7 Å². The van der Waals surface area contributed by atoms with Gasteiger partial charge in [0.25, 0.3) is 0 Å². The first-order valence-electron chi connectivity index (χ1n) is 10.1. The van der Waals surface area contributed by atoms with E-state index in [1.54, 1.807) is 30.3 Å². The van der Waals surface area contributed by atoms with Crippen LogP contribution in [0.25, 0.3) is 0 Å². The van der Waals surface area contributed by atoms with Gasteiger partial charge in [0, 0.05) is 13.1 Å². The van der Waals surface area contributed by atoms with Crippen LogP contribution in [0.15, 0.2) is 42.5 Å². The molecule has 8 heteroatoms. The van der Waals surface area contributed by atoms with Gasteiger partial charge in [-0.2, -0.15) is 18.4 Å². The van der Waals surface area contributed by atoms with E-state index < -0.39 is 11.7 Å². The largest absolute Gasteiger partial charge is 0.454 e. The summed E-state index contributed by atoms with van der Waals surface area (Å²) in [6.07, 6.45) is -1.16. The van der Waals surface area contributed by atoms with Crippen molar-refractivity contribution in [3.8, 4) is 17.6 Å². The zero-order chi connectivity index (χ0) is 22.0. The molecule has 0 saturated heterocycles. The Kier molecular flexibility index (Phi) is 8.96. The maximum atomic E-state index is 13.9. The summed E-state index contributed by atoms with van der Waals surface area (Å²) in [5, 5.41) is 10.8. The number of nitrogens with zero attached hydrogens (tertiary/aromatic N) is 2. The van der Waals surface area contributed by atoms with Crippen molar-refractivity contribution in [3.63, 3.8) is 0 Å². The smallest absolute Gasteiger partial charge is 0.420 e. The highest BCUT2D eigenvalue weighted by molar-refractivity contribution is 5.66. The number of nitriles is 1. The van der Waals surface area contributed by atoms with Gasteiger partial charge in [-0.3, -0.25) is 0 Å². The van der Waals surface area contributed by atoms with Crippen LogP contribution in [-0.4, -0.2) is 13.1 Å². The van der Waals surface area contributed by atoms with Crippen molar-refractivity contribution in [3.05, 3.63) is 53.6 Å². The number of rotatable bonds is 11. The third-order valence-corrected chi connectivity index (χ3v) is 4.31. The number of alkyl halides is 3. The Bertz CT molecular complexity index is 825. The lowest BCUT2D eigenvalue weighted by atomic mass is 10.1. The molecule has 0 unspecified atom stereocenters. The first-order valence-corrected chi connectivity index (χ1v) is 10.1. The third kappa shape index (κ3) is 6.65. The van der Waals surface area contributed by atoms with Crippen molar-refractivity contribution in [1.82, 2.24) is 10.9 Å². The molecule has 30 heavy (non-hydrogen) atoms. The highest BCUT2D eigenvalue weighted by Crippen LogP contribution is 2.44. The monoisotopic (exact) mass is 420 g/mol. The fourth-order valence-corrected chi connectivity index (χ4v) is 2.73. The van der Waals surface area contributed by atoms with Crippen LogP contribution < -0.4 is 20.7 Å². The number of halogens is 3. The number of nitrogens with one attached hydrogen (secondary N) is 2. The fourth-order valence-electron chi connectivity index (χ4n) is 2.73. The number of ether oxygens (including phenoxy) is 1. The van der Waals surface area contributed by atoms with E-state index in [4.69, 9.17) is 4.74 Å². The maximum Gasteiger partial charge on any atom is 0.420 e. The molecule has 0 amide bonds. The average Bonchev–Trinajstić information content (AvgIpc) is 2.73. The van der Waals surface area contributed by atoms with Crippen molar-refractivity contribution in [1.29, 1.82) is 5.26 Å². The normalized spacial score (nSPS) is 11.2. The van der Waals surface area contributed by atoms with Gasteiger partial charge in [-0.05, 0) is 37.1 Å². The number of para-hydroxylation sites is 1. The molecule has 0 aliphatic carbocycles. The van der Waals surface area contributed by atoms with Crippen LogP contribution in [0.3, 0.4) is 0 Å². The van der Waals surface area contributed by atoms with Crippen LogP contribution in [0.4, 0.5) is 18.9 Å². The molecule has 0 aliphatic rings. The second kappa shape index (κ2) is 11.4. The molecule has 0 radical (unpaired) electrons. The van der Waals surface area contributed by atoms with E-state index in [0.29, 0.717) is 13.1 Å². The van der Waals surface area contributed by atoms with E-state index in [-0.39, 0.29) is 22.7 Å². The standard InChI is InChI=1S/C22H27F3N4O/c1-3-5-12-27-29(28-13-6-4-2)20-15-17(16-26)14-19(22(23,24)25)21(20)30-18-10-8-7-9-11-18/h7-11,14-15,27-28H,3-6,12-13H2,1-2H3. The van der Waals surface area contributed by atoms with Gasteiger partial charge in [0.1, 0.15) is 17.0 Å². The van der Waals surface area contributed by atoms with Gasteiger partial charge in [-0.25, -0.2) is 16.0 Å². The number of unbranched alkanes of at least 4 members (excludes halogenated alkanes) is 2. The van der Waals surface area contributed by atoms with Gasteiger partial charge >= 0.3 is 6.18 Å². The number of benzene rings is 2. The molecule has 2 N–H and O–H groups in total. The Labute approximate surface area is 175 Å². The molecule has 2 aromatic carbocycles. The van der Waals surface area contributed by atoms with Crippen LogP contribution in [0.5, 0.6) is 11.5 Å². The van der Waals surface area contributed by atoms with Gasteiger partial charge < -0.3 is 4.74 Å².